The molecule has 13 heteroatoms. The first kappa shape index (κ1) is 22.4. The summed E-state index contributed by atoms with van der Waals surface area (Å²) < 4.78 is 42.0. The summed E-state index contributed by atoms with van der Waals surface area (Å²) in [5, 5.41) is 23.0. The molecule has 0 aliphatic rings. The molecule has 3 aromatic rings. The van der Waals surface area contributed by atoms with Gasteiger partial charge in [0, 0.05) is 4.90 Å². The van der Waals surface area contributed by atoms with Crippen molar-refractivity contribution in [2.75, 3.05) is 16.8 Å². The van der Waals surface area contributed by atoms with Crippen molar-refractivity contribution in [1.29, 1.82) is 5.26 Å². The molecular formula is C18H13F3N6O2S2. The molecule has 0 spiro atoms. The monoisotopic (exact) mass is 466 g/mol. The minimum atomic E-state index is -4.78. The van der Waals surface area contributed by atoms with Gasteiger partial charge in [-0.25, -0.2) is 0 Å². The van der Waals surface area contributed by atoms with E-state index < -0.39 is 6.36 Å². The van der Waals surface area contributed by atoms with E-state index in [-0.39, 0.29) is 28.3 Å². The summed E-state index contributed by atoms with van der Waals surface area (Å²) in [5.41, 5.74) is 0.994. The third kappa shape index (κ3) is 6.63. The van der Waals surface area contributed by atoms with E-state index in [1.807, 2.05) is 12.1 Å². The maximum atomic E-state index is 12.4. The van der Waals surface area contributed by atoms with Crippen LogP contribution in [0.25, 0.3) is 5.69 Å². The van der Waals surface area contributed by atoms with Gasteiger partial charge in [0.15, 0.2) is 0 Å². The predicted molar refractivity (Wildman–Crippen MR) is 108 cm³/mol. The second kappa shape index (κ2) is 10.2. The normalized spacial score (nSPS) is 11.0. The van der Waals surface area contributed by atoms with E-state index in [4.69, 9.17) is 5.26 Å². The molecule has 0 unspecified atom stereocenters. The molecule has 31 heavy (non-hydrogen) atoms. The van der Waals surface area contributed by atoms with Gasteiger partial charge in [-0.3, -0.25) is 4.79 Å². The Kier molecular flexibility index (Phi) is 7.37. The van der Waals surface area contributed by atoms with E-state index in [2.05, 4.69) is 25.6 Å². The highest BCUT2D eigenvalue weighted by Gasteiger charge is 2.31. The molecule has 1 heterocycles. The number of hydrogen-bond donors (Lipinski definition) is 1. The third-order valence-electron chi connectivity index (χ3n) is 3.54. The lowest BCUT2D eigenvalue weighted by atomic mass is 10.3. The number of carbonyl (C=O) groups is 1. The van der Waals surface area contributed by atoms with E-state index in [1.54, 1.807) is 18.2 Å². The van der Waals surface area contributed by atoms with Crippen LogP contribution < -0.4 is 10.1 Å². The molecule has 8 nitrogen and oxygen atoms in total. The van der Waals surface area contributed by atoms with Crippen molar-refractivity contribution in [1.82, 2.24) is 20.2 Å². The molecule has 0 saturated heterocycles. The fraction of sp³-hybridized carbons (Fsp3) is 0.167. The number of alkyl halides is 3. The summed E-state index contributed by atoms with van der Waals surface area (Å²) in [6.45, 7) is 0. The Labute approximate surface area is 182 Å². The first-order chi connectivity index (χ1) is 14.9. The summed E-state index contributed by atoms with van der Waals surface area (Å²) in [5.74, 6) is -0.430. The van der Waals surface area contributed by atoms with E-state index in [1.165, 1.54) is 28.6 Å². The Balaban J connectivity index is 1.62. The van der Waals surface area contributed by atoms with Crippen LogP contribution in [-0.2, 0) is 4.79 Å². The molecule has 3 rings (SSSR count). The standard InChI is InChI=1S/C18H13F3N6O2S2/c19-18(20,21)29-13-7-5-12(6-8-13)27-17(24-25-26-27)31-11-16(28)23-14-3-1-2-4-15(14)30-10-9-22/h1-8H,10-11H2,(H,23,28). The average molecular weight is 466 g/mol. The van der Waals surface area contributed by atoms with Crippen LogP contribution in [0.1, 0.15) is 0 Å². The smallest absolute Gasteiger partial charge is 0.406 e. The second-order valence-corrected chi connectivity index (χ2v) is 7.65. The zero-order valence-electron chi connectivity index (χ0n) is 15.5. The van der Waals surface area contributed by atoms with Crippen molar-refractivity contribution < 1.29 is 22.7 Å². The number of ether oxygens (including phenoxy) is 1. The molecule has 0 aliphatic carbocycles. The number of amides is 1. The van der Waals surface area contributed by atoms with Crippen molar-refractivity contribution in [2.24, 2.45) is 0 Å². The van der Waals surface area contributed by atoms with Gasteiger partial charge in [-0.15, -0.1) is 30.0 Å². The number of thioether (sulfide) groups is 2. The highest BCUT2D eigenvalue weighted by molar-refractivity contribution is 8.00. The molecule has 2 aromatic carbocycles. The van der Waals surface area contributed by atoms with Gasteiger partial charge in [-0.05, 0) is 46.8 Å². The minimum absolute atomic E-state index is 0.00705. The topological polar surface area (TPSA) is 106 Å². The van der Waals surface area contributed by atoms with Crippen LogP contribution in [0.2, 0.25) is 0 Å². The zero-order chi connectivity index (χ0) is 22.3. The highest BCUT2D eigenvalue weighted by atomic mass is 32.2. The lowest BCUT2D eigenvalue weighted by Crippen LogP contribution is -2.17. The maximum absolute atomic E-state index is 12.4. The van der Waals surface area contributed by atoms with Gasteiger partial charge in [0.1, 0.15) is 5.75 Å². The third-order valence-corrected chi connectivity index (χ3v) is 5.40. The van der Waals surface area contributed by atoms with Crippen LogP contribution in [-0.4, -0.2) is 44.0 Å². The van der Waals surface area contributed by atoms with Gasteiger partial charge < -0.3 is 10.1 Å². The quantitative estimate of drug-likeness (QED) is 0.498. The molecule has 0 bridgehead atoms. The summed E-state index contributed by atoms with van der Waals surface area (Å²) in [7, 11) is 0. The Morgan fingerprint density at radius 2 is 1.90 bits per heavy atom. The predicted octanol–water partition coefficient (Wildman–Crippen LogP) is 3.91. The molecule has 160 valence electrons. The van der Waals surface area contributed by atoms with E-state index in [0.717, 1.165) is 28.8 Å². The summed E-state index contributed by atoms with van der Waals surface area (Å²) in [6.07, 6.45) is -4.78. The Morgan fingerprint density at radius 1 is 1.16 bits per heavy atom. The number of hydrogen-bond acceptors (Lipinski definition) is 8. The molecule has 1 amide bonds. The molecule has 0 fully saturated rings. The highest BCUT2D eigenvalue weighted by Crippen LogP contribution is 2.28. The fourth-order valence-corrected chi connectivity index (χ4v) is 3.70. The SMILES string of the molecule is N#CCSc1ccccc1NC(=O)CSc1nnnn1-c1ccc(OC(F)(F)F)cc1. The number of tetrazole rings is 1. The van der Waals surface area contributed by atoms with E-state index >= 15 is 0 Å². The van der Waals surface area contributed by atoms with Crippen molar-refractivity contribution in [3.05, 3.63) is 48.5 Å². The van der Waals surface area contributed by atoms with Gasteiger partial charge in [-0.1, -0.05) is 23.9 Å². The van der Waals surface area contributed by atoms with Gasteiger partial charge in [0.05, 0.1) is 28.9 Å². The summed E-state index contributed by atoms with van der Waals surface area (Å²) >= 11 is 2.37. The lowest BCUT2D eigenvalue weighted by molar-refractivity contribution is -0.274. The van der Waals surface area contributed by atoms with E-state index in [0.29, 0.717) is 11.4 Å². The maximum Gasteiger partial charge on any atom is 0.573 e. The first-order valence-corrected chi connectivity index (χ1v) is 10.5. The number of carbonyl (C=O) groups excluding carboxylic acids is 1. The molecule has 0 aliphatic heterocycles. The van der Waals surface area contributed by atoms with Gasteiger partial charge in [0.25, 0.3) is 0 Å². The van der Waals surface area contributed by atoms with Crippen LogP contribution in [0.5, 0.6) is 5.75 Å². The molecular weight excluding hydrogens is 453 g/mol. The van der Waals surface area contributed by atoms with Crippen molar-refractivity contribution in [3.8, 4) is 17.5 Å². The van der Waals surface area contributed by atoms with Crippen molar-refractivity contribution in [2.45, 2.75) is 16.4 Å². The second-order valence-electron chi connectivity index (χ2n) is 5.69. The number of aromatic nitrogens is 4. The average Bonchev–Trinajstić information content (AvgIpc) is 3.20. The van der Waals surface area contributed by atoms with Gasteiger partial charge >= 0.3 is 6.36 Å². The largest absolute Gasteiger partial charge is 0.573 e. The number of nitrogens with zero attached hydrogens (tertiary/aromatic N) is 5. The minimum Gasteiger partial charge on any atom is -0.406 e. The molecule has 1 N–H and O–H groups in total. The van der Waals surface area contributed by atoms with Crippen LogP contribution >= 0.6 is 23.5 Å². The summed E-state index contributed by atoms with van der Waals surface area (Å²) in [6, 6.07) is 14.2. The van der Waals surface area contributed by atoms with Crippen LogP contribution in [0.15, 0.2) is 58.6 Å². The Morgan fingerprint density at radius 3 is 2.61 bits per heavy atom. The van der Waals surface area contributed by atoms with Crippen molar-refractivity contribution in [3.63, 3.8) is 0 Å². The Hall–Kier alpha value is -3.24. The Bertz CT molecular complexity index is 1080. The summed E-state index contributed by atoms with van der Waals surface area (Å²) in [4.78, 5) is 13.1. The fourth-order valence-electron chi connectivity index (χ4n) is 2.34. The van der Waals surface area contributed by atoms with Gasteiger partial charge in [0.2, 0.25) is 11.1 Å². The number of nitrogens with one attached hydrogen (secondary N) is 1. The van der Waals surface area contributed by atoms with Crippen LogP contribution in [0.3, 0.4) is 0 Å². The molecule has 0 atom stereocenters. The number of nitriles is 1. The number of rotatable bonds is 8. The van der Waals surface area contributed by atoms with Crippen molar-refractivity contribution >= 4 is 35.1 Å². The van der Waals surface area contributed by atoms with Crippen LogP contribution in [0.4, 0.5) is 18.9 Å². The first-order valence-electron chi connectivity index (χ1n) is 8.52. The zero-order valence-corrected chi connectivity index (χ0v) is 17.2. The molecule has 0 saturated carbocycles. The number of benzene rings is 2. The number of para-hydroxylation sites is 1. The molecule has 1 aromatic heterocycles. The molecule has 0 radical (unpaired) electrons. The van der Waals surface area contributed by atoms with Gasteiger partial charge in [-0.2, -0.15) is 9.94 Å². The lowest BCUT2D eigenvalue weighted by Gasteiger charge is -2.10. The number of anilines is 1. The van der Waals surface area contributed by atoms with E-state index in [9.17, 15) is 18.0 Å². The number of halogens is 3. The van der Waals surface area contributed by atoms with Crippen LogP contribution in [0, 0.1) is 11.3 Å².